The van der Waals surface area contributed by atoms with Crippen LogP contribution in [0.15, 0.2) is 16.7 Å². The maximum Gasteiger partial charge on any atom is 0.357 e. The molecule has 2 atom stereocenters. The molecule has 1 saturated heterocycles. The van der Waals surface area contributed by atoms with E-state index in [4.69, 9.17) is 9.47 Å². The number of fused-ring (bicyclic) bond motifs is 1. The molecule has 3 rings (SSSR count). The van der Waals surface area contributed by atoms with Crippen LogP contribution in [0.1, 0.15) is 17.4 Å². The number of β-lactam (4-membered cyclic amide) rings is 1. The molecule has 0 aliphatic carbocycles. The Labute approximate surface area is 194 Å². The van der Waals surface area contributed by atoms with E-state index >= 15 is 0 Å². The van der Waals surface area contributed by atoms with Crippen LogP contribution in [0.2, 0.25) is 25.7 Å². The minimum absolute atomic E-state index is 0.149. The van der Waals surface area contributed by atoms with Gasteiger partial charge in [0.25, 0.3) is 5.91 Å². The summed E-state index contributed by atoms with van der Waals surface area (Å²) in [5.74, 6) is -2.39. The highest BCUT2D eigenvalue weighted by Gasteiger charge is 2.54. The highest BCUT2D eigenvalue weighted by Crippen LogP contribution is 2.41. The Morgan fingerprint density at radius 3 is 2.66 bits per heavy atom. The van der Waals surface area contributed by atoms with Crippen molar-refractivity contribution < 1.29 is 33.8 Å². The summed E-state index contributed by atoms with van der Waals surface area (Å²) in [6.07, 6.45) is 0. The summed E-state index contributed by atoms with van der Waals surface area (Å²) in [6.45, 7) is 7.99. The largest absolute Gasteiger partial charge is 0.477 e. The fourth-order valence-corrected chi connectivity index (χ4v) is 5.83. The van der Waals surface area contributed by atoms with E-state index in [0.717, 1.165) is 6.04 Å². The highest BCUT2D eigenvalue weighted by molar-refractivity contribution is 8.00. The lowest BCUT2D eigenvalue weighted by Gasteiger charge is -2.49. The Hall–Kier alpha value is -2.38. The van der Waals surface area contributed by atoms with E-state index in [9.17, 15) is 24.3 Å². The number of carboxylic acid groups (broad SMARTS) is 1. The molecule has 10 nitrogen and oxygen atoms in total. The molecule has 1 fully saturated rings. The second-order valence-electron chi connectivity index (χ2n) is 8.55. The molecule has 0 bridgehead atoms. The number of aromatic nitrogens is 1. The molecule has 0 saturated carbocycles. The van der Waals surface area contributed by atoms with Gasteiger partial charge in [-0.1, -0.05) is 19.6 Å². The molecule has 3 heterocycles. The summed E-state index contributed by atoms with van der Waals surface area (Å²) in [5.41, 5.74) is 0.394. The zero-order valence-corrected chi connectivity index (χ0v) is 20.8. The van der Waals surface area contributed by atoms with E-state index < -0.39 is 43.3 Å². The number of carbonyl (C=O) groups excluding carboxylic acids is 3. The summed E-state index contributed by atoms with van der Waals surface area (Å²) in [7, 11) is -1.31. The zero-order chi connectivity index (χ0) is 23.6. The third-order valence-electron chi connectivity index (χ3n) is 4.78. The molecule has 13 heteroatoms. The van der Waals surface area contributed by atoms with Crippen LogP contribution in [-0.2, 0) is 23.9 Å². The molecular formula is C19H25N3O7S2Si. The third-order valence-corrected chi connectivity index (χ3v) is 8.59. The Bertz CT molecular complexity index is 972. The van der Waals surface area contributed by atoms with Crippen molar-refractivity contribution in [3.8, 4) is 0 Å². The van der Waals surface area contributed by atoms with Gasteiger partial charge in [-0.05, 0) is 6.04 Å². The minimum atomic E-state index is -1.31. The van der Waals surface area contributed by atoms with E-state index in [2.05, 4.69) is 29.9 Å². The quantitative estimate of drug-likeness (QED) is 0.296. The number of nitrogens with zero attached hydrogens (tertiary/aromatic N) is 2. The van der Waals surface area contributed by atoms with Crippen molar-refractivity contribution in [2.45, 2.75) is 44.0 Å². The maximum atomic E-state index is 12.7. The number of thiazole rings is 1. The summed E-state index contributed by atoms with van der Waals surface area (Å²) < 4.78 is 10.2. The van der Waals surface area contributed by atoms with Gasteiger partial charge in [0.2, 0.25) is 0 Å². The summed E-state index contributed by atoms with van der Waals surface area (Å²) >= 11 is 2.55. The number of rotatable bonds is 9. The highest BCUT2D eigenvalue weighted by atomic mass is 32.2. The number of carbonyl (C=O) groups is 4. The van der Waals surface area contributed by atoms with Crippen molar-refractivity contribution in [3.63, 3.8) is 0 Å². The van der Waals surface area contributed by atoms with Gasteiger partial charge in [0.15, 0.2) is 10.8 Å². The molecule has 2 aliphatic rings. The molecule has 1 amide bonds. The Kier molecular flexibility index (Phi) is 7.30. The van der Waals surface area contributed by atoms with E-state index in [-0.39, 0.29) is 18.0 Å². The molecule has 2 aliphatic heterocycles. The van der Waals surface area contributed by atoms with E-state index in [1.165, 1.54) is 34.9 Å². The lowest BCUT2D eigenvalue weighted by molar-refractivity contribution is -0.147. The number of nitrogens with one attached hydrogen (secondary N) is 1. The van der Waals surface area contributed by atoms with Crippen molar-refractivity contribution in [2.24, 2.45) is 0 Å². The molecule has 1 aromatic heterocycles. The number of ether oxygens (including phenoxy) is 2. The first kappa shape index (κ1) is 24.3. The van der Waals surface area contributed by atoms with Crippen LogP contribution in [0.25, 0.3) is 0 Å². The number of hydrogen-bond donors (Lipinski definition) is 2. The fourth-order valence-electron chi connectivity index (χ4n) is 3.07. The van der Waals surface area contributed by atoms with Crippen LogP contribution >= 0.6 is 23.1 Å². The summed E-state index contributed by atoms with van der Waals surface area (Å²) in [4.78, 5) is 53.1. The van der Waals surface area contributed by atoms with Crippen LogP contribution < -0.4 is 5.32 Å². The van der Waals surface area contributed by atoms with Crippen LogP contribution in [-0.4, -0.2) is 77.3 Å². The van der Waals surface area contributed by atoms with Crippen LogP contribution in [0.4, 0.5) is 5.13 Å². The normalized spacial score (nSPS) is 20.4. The Balaban J connectivity index is 1.63. The molecular weight excluding hydrogens is 474 g/mol. The van der Waals surface area contributed by atoms with Gasteiger partial charge < -0.3 is 19.9 Å². The first-order chi connectivity index (χ1) is 15.0. The topological polar surface area (TPSA) is 135 Å². The number of anilines is 1. The number of amides is 1. The number of esters is 2. The summed E-state index contributed by atoms with van der Waals surface area (Å²) in [6, 6.07) is 0.185. The number of thioether (sulfide) groups is 1. The maximum absolute atomic E-state index is 12.7. The van der Waals surface area contributed by atoms with Gasteiger partial charge in [0.1, 0.15) is 23.7 Å². The third kappa shape index (κ3) is 5.50. The number of hydrogen-bond acceptors (Lipinski definition) is 10. The van der Waals surface area contributed by atoms with Crippen LogP contribution in [0.3, 0.4) is 0 Å². The minimum Gasteiger partial charge on any atom is -0.477 e. The number of aliphatic carboxylic acids is 1. The second kappa shape index (κ2) is 9.63. The summed E-state index contributed by atoms with van der Waals surface area (Å²) in [5, 5.41) is 14.1. The molecule has 2 N–H and O–H groups in total. The Morgan fingerprint density at radius 2 is 2.03 bits per heavy atom. The lowest BCUT2D eigenvalue weighted by atomic mass is 10.0. The van der Waals surface area contributed by atoms with Gasteiger partial charge in [0, 0.05) is 31.7 Å². The smallest absolute Gasteiger partial charge is 0.357 e. The van der Waals surface area contributed by atoms with Crippen LogP contribution in [0.5, 0.6) is 0 Å². The van der Waals surface area contributed by atoms with Gasteiger partial charge in [0.05, 0.1) is 6.61 Å². The van der Waals surface area contributed by atoms with E-state index in [1.807, 2.05) is 0 Å². The number of carboxylic acids is 1. The van der Waals surface area contributed by atoms with Crippen molar-refractivity contribution in [2.75, 3.05) is 24.3 Å². The molecule has 0 radical (unpaired) electrons. The standard InChI is InChI=1S/C19H25N3O7S2Si/c1-10(23)29-7-11-8-30-16-13(15(24)22(16)14(11)17(25)26)21-19-20-12(9-31-19)18(27)28-5-6-32(2,3)4/h9,13,16H,5-8H2,1-4H3,(H,20,21)(H,25,26)/t13-,16-/m1/s1. The molecule has 0 unspecified atom stereocenters. The van der Waals surface area contributed by atoms with Crippen molar-refractivity contribution in [1.82, 2.24) is 9.88 Å². The second-order valence-corrected chi connectivity index (χ2v) is 16.1. The molecule has 0 spiro atoms. The first-order valence-corrected chi connectivity index (χ1v) is 15.5. The predicted molar refractivity (Wildman–Crippen MR) is 122 cm³/mol. The van der Waals surface area contributed by atoms with Crippen molar-refractivity contribution in [3.05, 3.63) is 22.3 Å². The van der Waals surface area contributed by atoms with E-state index in [1.54, 1.807) is 5.38 Å². The average Bonchev–Trinajstić information content (AvgIpc) is 3.17. The van der Waals surface area contributed by atoms with Gasteiger partial charge in [-0.15, -0.1) is 23.1 Å². The lowest BCUT2D eigenvalue weighted by Crippen LogP contribution is -2.67. The van der Waals surface area contributed by atoms with Gasteiger partial charge in [-0.3, -0.25) is 14.5 Å². The van der Waals surface area contributed by atoms with Gasteiger partial charge >= 0.3 is 17.9 Å². The predicted octanol–water partition coefficient (Wildman–Crippen LogP) is 2.24. The first-order valence-electron chi connectivity index (χ1n) is 9.90. The fraction of sp³-hybridized carbons (Fsp3) is 0.526. The Morgan fingerprint density at radius 1 is 1.31 bits per heavy atom. The molecule has 32 heavy (non-hydrogen) atoms. The van der Waals surface area contributed by atoms with Gasteiger partial charge in [-0.2, -0.15) is 0 Å². The van der Waals surface area contributed by atoms with Crippen LogP contribution in [0, 0.1) is 0 Å². The SMILES string of the molecule is CC(=O)OCC1=C(C(=O)O)N2C(=O)[C@@H](Nc3nc(C(=O)OCC[Si](C)(C)C)cs3)[C@H]2SC1. The zero-order valence-electron chi connectivity index (χ0n) is 18.2. The van der Waals surface area contributed by atoms with Gasteiger partial charge in [-0.25, -0.2) is 14.6 Å². The van der Waals surface area contributed by atoms with E-state index in [0.29, 0.717) is 23.1 Å². The van der Waals surface area contributed by atoms with Crippen molar-refractivity contribution in [1.29, 1.82) is 0 Å². The monoisotopic (exact) mass is 499 g/mol. The molecule has 0 aromatic carbocycles. The molecule has 1 aromatic rings. The molecule has 174 valence electrons. The average molecular weight is 500 g/mol. The van der Waals surface area contributed by atoms with Crippen molar-refractivity contribution >= 4 is 60.1 Å².